The first kappa shape index (κ1) is 16.6. The molecule has 128 valence electrons. The summed E-state index contributed by atoms with van der Waals surface area (Å²) in [5, 5.41) is 4.25. The molecule has 3 rings (SSSR count). The van der Waals surface area contributed by atoms with Crippen molar-refractivity contribution in [1.82, 2.24) is 14.7 Å². The summed E-state index contributed by atoms with van der Waals surface area (Å²) in [6, 6.07) is 9.70. The van der Waals surface area contributed by atoms with Crippen LogP contribution in [0.3, 0.4) is 0 Å². The molecule has 0 aliphatic carbocycles. The third-order valence-electron chi connectivity index (χ3n) is 4.81. The minimum Gasteiger partial charge on any atom is -0.497 e. The molecule has 5 nitrogen and oxygen atoms in total. The lowest BCUT2D eigenvalue weighted by atomic mass is 9.93. The van der Waals surface area contributed by atoms with Crippen LogP contribution in [-0.2, 0) is 17.8 Å². The number of carbonyl (C=O) groups is 1. The Morgan fingerprint density at radius 1 is 1.25 bits per heavy atom. The van der Waals surface area contributed by atoms with Crippen LogP contribution in [-0.4, -0.2) is 40.8 Å². The molecule has 1 amide bonds. The Morgan fingerprint density at radius 2 is 2.00 bits per heavy atom. The second-order valence-corrected chi connectivity index (χ2v) is 6.41. The summed E-state index contributed by atoms with van der Waals surface area (Å²) < 4.78 is 7.14. The molecule has 24 heavy (non-hydrogen) atoms. The minimum atomic E-state index is 0.227. The fraction of sp³-hybridized carbons (Fsp3) is 0.474. The van der Waals surface area contributed by atoms with Gasteiger partial charge >= 0.3 is 0 Å². The number of piperidine rings is 1. The number of ether oxygens (including phenoxy) is 1. The van der Waals surface area contributed by atoms with Crippen LogP contribution in [0.4, 0.5) is 0 Å². The van der Waals surface area contributed by atoms with Crippen molar-refractivity contribution in [3.05, 3.63) is 48.3 Å². The van der Waals surface area contributed by atoms with E-state index in [0.717, 1.165) is 50.2 Å². The molecule has 1 saturated heterocycles. The Labute approximate surface area is 143 Å². The van der Waals surface area contributed by atoms with Crippen molar-refractivity contribution in [1.29, 1.82) is 0 Å². The maximum absolute atomic E-state index is 12.5. The van der Waals surface area contributed by atoms with Crippen molar-refractivity contribution < 1.29 is 9.53 Å². The van der Waals surface area contributed by atoms with Crippen molar-refractivity contribution in [3.63, 3.8) is 0 Å². The molecule has 1 aliphatic rings. The summed E-state index contributed by atoms with van der Waals surface area (Å²) in [5.41, 5.74) is 1.04. The van der Waals surface area contributed by atoms with E-state index in [1.165, 1.54) is 0 Å². The fourth-order valence-corrected chi connectivity index (χ4v) is 3.25. The Kier molecular flexibility index (Phi) is 5.51. The number of amides is 1. The number of nitrogens with zero attached hydrogens (tertiary/aromatic N) is 3. The number of carbonyl (C=O) groups excluding carboxylic acids is 1. The zero-order valence-corrected chi connectivity index (χ0v) is 14.2. The van der Waals surface area contributed by atoms with E-state index in [9.17, 15) is 4.79 Å². The molecule has 1 fully saturated rings. The van der Waals surface area contributed by atoms with Gasteiger partial charge in [0.05, 0.1) is 13.5 Å². The van der Waals surface area contributed by atoms with Gasteiger partial charge in [-0.2, -0.15) is 5.10 Å². The summed E-state index contributed by atoms with van der Waals surface area (Å²) in [4.78, 5) is 14.5. The maximum Gasteiger partial charge on any atom is 0.226 e. The highest BCUT2D eigenvalue weighted by Gasteiger charge is 2.22. The Balaban J connectivity index is 1.42. The van der Waals surface area contributed by atoms with E-state index in [1.54, 1.807) is 7.11 Å². The summed E-state index contributed by atoms with van der Waals surface area (Å²) in [6.45, 7) is 2.72. The second-order valence-electron chi connectivity index (χ2n) is 6.41. The highest BCUT2D eigenvalue weighted by atomic mass is 16.5. The van der Waals surface area contributed by atoms with E-state index in [-0.39, 0.29) is 5.91 Å². The quantitative estimate of drug-likeness (QED) is 0.820. The van der Waals surface area contributed by atoms with E-state index >= 15 is 0 Å². The van der Waals surface area contributed by atoms with Gasteiger partial charge in [-0.3, -0.25) is 9.48 Å². The van der Waals surface area contributed by atoms with E-state index in [0.29, 0.717) is 12.3 Å². The van der Waals surface area contributed by atoms with Crippen LogP contribution in [0.15, 0.2) is 42.7 Å². The van der Waals surface area contributed by atoms with Crippen LogP contribution in [0.25, 0.3) is 0 Å². The zero-order valence-electron chi connectivity index (χ0n) is 14.2. The lowest BCUT2D eigenvalue weighted by molar-refractivity contribution is -0.131. The molecule has 1 aliphatic heterocycles. The van der Waals surface area contributed by atoms with E-state index in [4.69, 9.17) is 4.74 Å². The molecule has 5 heteroatoms. The monoisotopic (exact) mass is 327 g/mol. The first-order valence-electron chi connectivity index (χ1n) is 8.63. The third kappa shape index (κ3) is 4.37. The van der Waals surface area contributed by atoms with Gasteiger partial charge in [0.15, 0.2) is 0 Å². The molecule has 0 bridgehead atoms. The summed E-state index contributed by atoms with van der Waals surface area (Å²) in [7, 11) is 1.65. The normalized spacial score (nSPS) is 15.5. The molecule has 0 radical (unpaired) electrons. The number of hydrogen-bond donors (Lipinski definition) is 0. The molecular formula is C19H25N3O2. The second kappa shape index (κ2) is 7.99. The van der Waals surface area contributed by atoms with Gasteiger partial charge in [0.1, 0.15) is 5.75 Å². The molecule has 1 aromatic carbocycles. The molecule has 0 N–H and O–H groups in total. The standard InChI is InChI=1S/C19H25N3O2/c1-24-18-5-3-17(4-6-18)15-19(23)21-12-7-16(8-13-21)9-14-22-11-2-10-20-22/h2-6,10-11,16H,7-9,12-15H2,1H3. The number of aromatic nitrogens is 2. The molecule has 0 atom stereocenters. The van der Waals surface area contributed by atoms with Crippen LogP contribution in [0.2, 0.25) is 0 Å². The van der Waals surface area contributed by atoms with Gasteiger partial charge in [-0.15, -0.1) is 0 Å². The Morgan fingerprint density at radius 3 is 2.62 bits per heavy atom. The molecule has 0 unspecified atom stereocenters. The Bertz CT molecular complexity index is 629. The van der Waals surface area contributed by atoms with Crippen molar-refractivity contribution >= 4 is 5.91 Å². The van der Waals surface area contributed by atoms with Gasteiger partial charge in [0.25, 0.3) is 0 Å². The highest BCUT2D eigenvalue weighted by molar-refractivity contribution is 5.78. The van der Waals surface area contributed by atoms with Crippen LogP contribution in [0, 0.1) is 5.92 Å². The van der Waals surface area contributed by atoms with E-state index < -0.39 is 0 Å². The van der Waals surface area contributed by atoms with Gasteiger partial charge in [0, 0.05) is 32.0 Å². The number of aryl methyl sites for hydroxylation is 1. The highest BCUT2D eigenvalue weighted by Crippen LogP contribution is 2.22. The smallest absolute Gasteiger partial charge is 0.226 e. The third-order valence-corrected chi connectivity index (χ3v) is 4.81. The van der Waals surface area contributed by atoms with Crippen LogP contribution in [0.5, 0.6) is 5.75 Å². The number of rotatable bonds is 6. The number of benzene rings is 1. The molecule has 2 heterocycles. The van der Waals surface area contributed by atoms with Crippen molar-refractivity contribution in [2.24, 2.45) is 5.92 Å². The first-order chi connectivity index (χ1) is 11.7. The molecule has 1 aromatic heterocycles. The Hall–Kier alpha value is -2.30. The average molecular weight is 327 g/mol. The topological polar surface area (TPSA) is 47.4 Å². The molecule has 2 aromatic rings. The van der Waals surface area contributed by atoms with Gasteiger partial charge < -0.3 is 9.64 Å². The average Bonchev–Trinajstić information content (AvgIpc) is 3.14. The zero-order chi connectivity index (χ0) is 16.8. The molecule has 0 saturated carbocycles. The SMILES string of the molecule is COc1ccc(CC(=O)N2CCC(CCn3cccn3)CC2)cc1. The van der Waals surface area contributed by atoms with Crippen LogP contribution < -0.4 is 4.74 Å². The van der Waals surface area contributed by atoms with Crippen molar-refractivity contribution in [2.45, 2.75) is 32.2 Å². The number of hydrogen-bond acceptors (Lipinski definition) is 3. The van der Waals surface area contributed by atoms with E-state index in [2.05, 4.69) is 5.10 Å². The first-order valence-corrected chi connectivity index (χ1v) is 8.63. The summed E-state index contributed by atoms with van der Waals surface area (Å²) in [5.74, 6) is 1.74. The maximum atomic E-state index is 12.5. The number of likely N-dealkylation sites (tertiary alicyclic amines) is 1. The van der Waals surface area contributed by atoms with Gasteiger partial charge in [-0.25, -0.2) is 0 Å². The molecular weight excluding hydrogens is 302 g/mol. The lowest BCUT2D eigenvalue weighted by Gasteiger charge is -2.32. The predicted molar refractivity (Wildman–Crippen MR) is 92.8 cm³/mol. The van der Waals surface area contributed by atoms with Gasteiger partial charge in [-0.05, 0) is 48.9 Å². The summed E-state index contributed by atoms with van der Waals surface area (Å²) in [6.07, 6.45) is 7.63. The van der Waals surface area contributed by atoms with Crippen LogP contribution >= 0.6 is 0 Å². The van der Waals surface area contributed by atoms with Crippen LogP contribution in [0.1, 0.15) is 24.8 Å². The lowest BCUT2D eigenvalue weighted by Crippen LogP contribution is -2.39. The predicted octanol–water partition coefficient (Wildman–Crippen LogP) is 2.76. The molecule has 0 spiro atoms. The summed E-state index contributed by atoms with van der Waals surface area (Å²) >= 11 is 0. The van der Waals surface area contributed by atoms with Crippen molar-refractivity contribution in [3.8, 4) is 5.75 Å². The minimum absolute atomic E-state index is 0.227. The van der Waals surface area contributed by atoms with Gasteiger partial charge in [-0.1, -0.05) is 12.1 Å². The van der Waals surface area contributed by atoms with E-state index in [1.807, 2.05) is 52.3 Å². The van der Waals surface area contributed by atoms with Gasteiger partial charge in [0.2, 0.25) is 5.91 Å². The number of methoxy groups -OCH3 is 1. The fourth-order valence-electron chi connectivity index (χ4n) is 3.25. The largest absolute Gasteiger partial charge is 0.497 e. The van der Waals surface area contributed by atoms with Crippen molar-refractivity contribution in [2.75, 3.05) is 20.2 Å².